The highest BCUT2D eigenvalue weighted by Gasteiger charge is 2.25. The maximum atomic E-state index is 11.0. The van der Waals surface area contributed by atoms with Gasteiger partial charge < -0.3 is 20.3 Å². The second-order valence-electron chi connectivity index (χ2n) is 5.41. The number of carboxylic acids is 1. The molecule has 5 heteroatoms. The Kier molecular flexibility index (Phi) is 6.81. The summed E-state index contributed by atoms with van der Waals surface area (Å²) < 4.78 is 4.95. The maximum absolute atomic E-state index is 11.0. The molecule has 2 unspecified atom stereocenters. The van der Waals surface area contributed by atoms with Crippen LogP contribution in [0.1, 0.15) is 34.8 Å². The standard InChI is InChI=1S/C16H25NO4/c1-10-7-11(2)15(12(3)8-10)16(20)13(9-14(18)19)17-5-6-21-4/h7-8,13,16-17,20H,5-6,9H2,1-4H3,(H,18,19). The van der Waals surface area contributed by atoms with E-state index >= 15 is 0 Å². The molecule has 0 saturated carbocycles. The molecule has 0 saturated heterocycles. The van der Waals surface area contributed by atoms with Gasteiger partial charge in [0.15, 0.2) is 0 Å². The average molecular weight is 295 g/mol. The molecule has 1 aromatic carbocycles. The predicted molar refractivity (Wildman–Crippen MR) is 81.5 cm³/mol. The van der Waals surface area contributed by atoms with Crippen LogP contribution in [0, 0.1) is 20.8 Å². The van der Waals surface area contributed by atoms with Crippen molar-refractivity contribution in [2.75, 3.05) is 20.3 Å². The van der Waals surface area contributed by atoms with Crippen LogP contribution in [0.25, 0.3) is 0 Å². The SMILES string of the molecule is COCCNC(CC(=O)O)C(O)c1c(C)cc(C)cc1C. The van der Waals surface area contributed by atoms with Crippen molar-refractivity contribution in [3.8, 4) is 0 Å². The van der Waals surface area contributed by atoms with Crippen LogP contribution in [0.15, 0.2) is 12.1 Å². The number of hydrogen-bond donors (Lipinski definition) is 3. The first-order valence-corrected chi connectivity index (χ1v) is 7.06. The third kappa shape index (κ3) is 5.12. The first kappa shape index (κ1) is 17.6. The smallest absolute Gasteiger partial charge is 0.305 e. The van der Waals surface area contributed by atoms with Crippen molar-refractivity contribution >= 4 is 5.97 Å². The molecule has 0 aromatic heterocycles. The number of hydrogen-bond acceptors (Lipinski definition) is 4. The molecule has 5 nitrogen and oxygen atoms in total. The summed E-state index contributed by atoms with van der Waals surface area (Å²) in [6, 6.07) is 3.45. The molecule has 0 aliphatic carbocycles. The summed E-state index contributed by atoms with van der Waals surface area (Å²) in [5.41, 5.74) is 3.88. The zero-order chi connectivity index (χ0) is 16.0. The zero-order valence-electron chi connectivity index (χ0n) is 13.1. The number of methoxy groups -OCH3 is 1. The minimum atomic E-state index is -0.939. The molecule has 1 rings (SSSR count). The Labute approximate surface area is 125 Å². The van der Waals surface area contributed by atoms with Crippen LogP contribution in [-0.4, -0.2) is 42.5 Å². The Balaban J connectivity index is 2.98. The van der Waals surface area contributed by atoms with Crippen LogP contribution in [0.4, 0.5) is 0 Å². The topological polar surface area (TPSA) is 78.8 Å². The van der Waals surface area contributed by atoms with E-state index in [1.807, 2.05) is 32.9 Å². The Bertz CT molecular complexity index is 464. The lowest BCUT2D eigenvalue weighted by Gasteiger charge is -2.26. The molecule has 0 bridgehead atoms. The van der Waals surface area contributed by atoms with Gasteiger partial charge in [0.05, 0.1) is 19.1 Å². The van der Waals surface area contributed by atoms with Crippen LogP contribution in [0.2, 0.25) is 0 Å². The molecule has 0 spiro atoms. The van der Waals surface area contributed by atoms with Crippen LogP contribution in [0.5, 0.6) is 0 Å². The minimum absolute atomic E-state index is 0.141. The summed E-state index contributed by atoms with van der Waals surface area (Å²) in [5.74, 6) is -0.939. The van der Waals surface area contributed by atoms with Gasteiger partial charge in [0.25, 0.3) is 0 Å². The molecule has 0 fully saturated rings. The maximum Gasteiger partial charge on any atom is 0.305 e. The molecule has 0 aliphatic heterocycles. The highest BCUT2D eigenvalue weighted by molar-refractivity contribution is 5.67. The summed E-state index contributed by atoms with van der Waals surface area (Å²) in [6.45, 7) is 6.84. The van der Waals surface area contributed by atoms with Gasteiger partial charge >= 0.3 is 5.97 Å². The fourth-order valence-electron chi connectivity index (χ4n) is 2.69. The number of nitrogens with one attached hydrogen (secondary N) is 1. The van der Waals surface area contributed by atoms with E-state index in [1.54, 1.807) is 7.11 Å². The Morgan fingerprint density at radius 2 is 1.86 bits per heavy atom. The summed E-state index contributed by atoms with van der Waals surface area (Å²) >= 11 is 0. The number of aliphatic hydroxyl groups is 1. The molecular formula is C16H25NO4. The number of aryl methyl sites for hydroxylation is 3. The summed E-state index contributed by atoms with van der Waals surface area (Å²) in [5, 5.41) is 22.7. The molecule has 2 atom stereocenters. The Morgan fingerprint density at radius 1 is 1.29 bits per heavy atom. The quantitative estimate of drug-likeness (QED) is 0.637. The number of carboxylic acid groups (broad SMARTS) is 1. The lowest BCUT2D eigenvalue weighted by molar-refractivity contribution is -0.138. The van der Waals surface area contributed by atoms with E-state index in [2.05, 4.69) is 5.32 Å². The number of ether oxygens (including phenoxy) is 1. The Morgan fingerprint density at radius 3 is 2.33 bits per heavy atom. The van der Waals surface area contributed by atoms with Crippen molar-refractivity contribution in [3.63, 3.8) is 0 Å². The van der Waals surface area contributed by atoms with Crippen molar-refractivity contribution in [1.82, 2.24) is 5.32 Å². The van der Waals surface area contributed by atoms with E-state index in [0.717, 1.165) is 22.3 Å². The molecule has 0 aliphatic rings. The molecule has 118 valence electrons. The van der Waals surface area contributed by atoms with Crippen molar-refractivity contribution in [2.24, 2.45) is 0 Å². The zero-order valence-corrected chi connectivity index (χ0v) is 13.1. The molecule has 0 amide bonds. The van der Waals surface area contributed by atoms with Gasteiger partial charge in [-0.05, 0) is 37.5 Å². The largest absolute Gasteiger partial charge is 0.481 e. The molecule has 0 radical (unpaired) electrons. The highest BCUT2D eigenvalue weighted by Crippen LogP contribution is 2.27. The summed E-state index contributed by atoms with van der Waals surface area (Å²) in [7, 11) is 1.58. The van der Waals surface area contributed by atoms with Gasteiger partial charge in [0.2, 0.25) is 0 Å². The first-order valence-electron chi connectivity index (χ1n) is 7.06. The number of aliphatic carboxylic acids is 1. The van der Waals surface area contributed by atoms with Gasteiger partial charge in [-0.15, -0.1) is 0 Å². The fourth-order valence-corrected chi connectivity index (χ4v) is 2.69. The normalized spacial score (nSPS) is 14.0. The molecule has 3 N–H and O–H groups in total. The number of aliphatic hydroxyl groups excluding tert-OH is 1. The Hall–Kier alpha value is -1.43. The monoisotopic (exact) mass is 295 g/mol. The lowest BCUT2D eigenvalue weighted by Crippen LogP contribution is -2.39. The van der Waals surface area contributed by atoms with Crippen LogP contribution in [-0.2, 0) is 9.53 Å². The van der Waals surface area contributed by atoms with Crippen molar-refractivity contribution in [1.29, 1.82) is 0 Å². The van der Waals surface area contributed by atoms with Crippen molar-refractivity contribution in [3.05, 3.63) is 34.4 Å². The predicted octanol–water partition coefficient (Wildman–Crippen LogP) is 1.72. The van der Waals surface area contributed by atoms with Gasteiger partial charge in [0.1, 0.15) is 0 Å². The van der Waals surface area contributed by atoms with Crippen molar-refractivity contribution < 1.29 is 19.7 Å². The second-order valence-corrected chi connectivity index (χ2v) is 5.41. The van der Waals surface area contributed by atoms with Crippen LogP contribution < -0.4 is 5.32 Å². The first-order chi connectivity index (χ1) is 9.86. The van der Waals surface area contributed by atoms with Gasteiger partial charge in [0, 0.05) is 19.7 Å². The van der Waals surface area contributed by atoms with E-state index in [-0.39, 0.29) is 6.42 Å². The highest BCUT2D eigenvalue weighted by atomic mass is 16.5. The fraction of sp³-hybridized carbons (Fsp3) is 0.562. The van der Waals surface area contributed by atoms with Gasteiger partial charge in [-0.2, -0.15) is 0 Å². The number of carbonyl (C=O) groups is 1. The molecular weight excluding hydrogens is 270 g/mol. The lowest BCUT2D eigenvalue weighted by atomic mass is 9.91. The van der Waals surface area contributed by atoms with E-state index in [1.165, 1.54) is 0 Å². The van der Waals surface area contributed by atoms with Crippen molar-refractivity contribution in [2.45, 2.75) is 39.3 Å². The molecule has 21 heavy (non-hydrogen) atoms. The number of benzene rings is 1. The second kappa shape index (κ2) is 8.12. The minimum Gasteiger partial charge on any atom is -0.481 e. The van der Waals surface area contributed by atoms with Crippen LogP contribution >= 0.6 is 0 Å². The van der Waals surface area contributed by atoms with Crippen LogP contribution in [0.3, 0.4) is 0 Å². The van der Waals surface area contributed by atoms with E-state index in [9.17, 15) is 9.90 Å². The third-order valence-electron chi connectivity index (χ3n) is 3.52. The average Bonchev–Trinajstić information content (AvgIpc) is 2.35. The van der Waals surface area contributed by atoms with E-state index in [4.69, 9.17) is 9.84 Å². The third-order valence-corrected chi connectivity index (χ3v) is 3.52. The van der Waals surface area contributed by atoms with E-state index < -0.39 is 18.1 Å². The van der Waals surface area contributed by atoms with Gasteiger partial charge in [-0.25, -0.2) is 0 Å². The molecule has 1 aromatic rings. The van der Waals surface area contributed by atoms with Gasteiger partial charge in [-0.3, -0.25) is 4.79 Å². The summed E-state index contributed by atoms with van der Waals surface area (Å²) in [6.07, 6.45) is -1.00. The van der Waals surface area contributed by atoms with E-state index in [0.29, 0.717) is 13.2 Å². The number of rotatable bonds is 8. The molecule has 0 heterocycles. The summed E-state index contributed by atoms with van der Waals surface area (Å²) in [4.78, 5) is 11.0. The van der Waals surface area contributed by atoms with Gasteiger partial charge in [-0.1, -0.05) is 17.7 Å².